The summed E-state index contributed by atoms with van der Waals surface area (Å²) in [6.45, 7) is 5.82. The van der Waals surface area contributed by atoms with Gasteiger partial charge in [0.25, 0.3) is 0 Å². The Bertz CT molecular complexity index is 665. The summed E-state index contributed by atoms with van der Waals surface area (Å²) in [5, 5.41) is 12.5. The molecule has 0 bridgehead atoms. The molecule has 1 aliphatic heterocycles. The van der Waals surface area contributed by atoms with Crippen LogP contribution >= 0.6 is 0 Å². The molecule has 1 unspecified atom stereocenters. The Morgan fingerprint density at radius 1 is 1.30 bits per heavy atom. The van der Waals surface area contributed by atoms with E-state index in [9.17, 15) is 0 Å². The summed E-state index contributed by atoms with van der Waals surface area (Å²) in [6, 6.07) is 10.6. The minimum absolute atomic E-state index is 0.0885. The zero-order valence-corrected chi connectivity index (χ0v) is 13.9. The van der Waals surface area contributed by atoms with Crippen LogP contribution in [0.1, 0.15) is 37.7 Å². The van der Waals surface area contributed by atoms with Crippen molar-refractivity contribution in [3.05, 3.63) is 48.0 Å². The van der Waals surface area contributed by atoms with Crippen LogP contribution in [-0.2, 0) is 11.4 Å². The molecule has 0 fully saturated rings. The van der Waals surface area contributed by atoms with Gasteiger partial charge in [-0.2, -0.15) is 0 Å². The van der Waals surface area contributed by atoms with Gasteiger partial charge in [0.05, 0.1) is 12.3 Å². The van der Waals surface area contributed by atoms with Gasteiger partial charge in [0, 0.05) is 19.0 Å². The number of hydrogen-bond acceptors (Lipinski definition) is 5. The van der Waals surface area contributed by atoms with E-state index in [1.165, 1.54) is 0 Å². The lowest BCUT2D eigenvalue weighted by Gasteiger charge is -2.20. The van der Waals surface area contributed by atoms with Crippen molar-refractivity contribution in [2.24, 2.45) is 5.16 Å². The van der Waals surface area contributed by atoms with E-state index >= 15 is 0 Å². The molecule has 0 spiro atoms. The van der Waals surface area contributed by atoms with Crippen LogP contribution in [0.5, 0.6) is 0 Å². The van der Waals surface area contributed by atoms with Crippen molar-refractivity contribution in [3.8, 4) is 0 Å². The first kappa shape index (κ1) is 15.7. The molecule has 0 amide bonds. The summed E-state index contributed by atoms with van der Waals surface area (Å²) in [4.78, 5) is 7.80. The SMILES string of the molecule is CC(C)n1cnnc1CN(C)CC1CC(c2ccccc2)=NO1. The highest BCUT2D eigenvalue weighted by Crippen LogP contribution is 2.18. The second-order valence-electron chi connectivity index (χ2n) is 6.28. The normalized spacial score (nSPS) is 17.6. The number of aromatic nitrogens is 3. The molecule has 1 aliphatic rings. The summed E-state index contributed by atoms with van der Waals surface area (Å²) >= 11 is 0. The van der Waals surface area contributed by atoms with E-state index in [4.69, 9.17) is 4.84 Å². The monoisotopic (exact) mass is 313 g/mol. The Kier molecular flexibility index (Phi) is 4.71. The van der Waals surface area contributed by atoms with Gasteiger partial charge in [0.1, 0.15) is 18.3 Å². The molecule has 0 saturated carbocycles. The zero-order chi connectivity index (χ0) is 16.2. The third-order valence-electron chi connectivity index (χ3n) is 3.97. The second kappa shape index (κ2) is 6.91. The van der Waals surface area contributed by atoms with E-state index in [-0.39, 0.29) is 6.10 Å². The Morgan fingerprint density at radius 2 is 2.09 bits per heavy atom. The maximum Gasteiger partial charge on any atom is 0.147 e. The van der Waals surface area contributed by atoms with Gasteiger partial charge in [-0.3, -0.25) is 4.90 Å². The molecule has 6 heteroatoms. The van der Waals surface area contributed by atoms with Crippen LogP contribution in [-0.4, -0.2) is 45.1 Å². The highest BCUT2D eigenvalue weighted by Gasteiger charge is 2.24. The van der Waals surface area contributed by atoms with Crippen LogP contribution in [0.2, 0.25) is 0 Å². The van der Waals surface area contributed by atoms with Crippen molar-refractivity contribution in [2.45, 2.75) is 39.0 Å². The second-order valence-corrected chi connectivity index (χ2v) is 6.28. The number of likely N-dealkylation sites (N-methyl/N-ethyl adjacent to an activating group) is 1. The van der Waals surface area contributed by atoms with Gasteiger partial charge in [-0.05, 0) is 26.5 Å². The first-order valence-electron chi connectivity index (χ1n) is 7.98. The van der Waals surface area contributed by atoms with Gasteiger partial charge in [-0.15, -0.1) is 10.2 Å². The highest BCUT2D eigenvalue weighted by atomic mass is 16.6. The van der Waals surface area contributed by atoms with Gasteiger partial charge in [0.15, 0.2) is 0 Å². The fourth-order valence-corrected chi connectivity index (χ4v) is 2.79. The van der Waals surface area contributed by atoms with Gasteiger partial charge in [-0.25, -0.2) is 0 Å². The van der Waals surface area contributed by atoms with E-state index in [1.807, 2.05) is 18.2 Å². The molecule has 0 saturated heterocycles. The molecule has 1 aromatic carbocycles. The number of benzene rings is 1. The number of rotatable bonds is 6. The van der Waals surface area contributed by atoms with Crippen molar-refractivity contribution in [1.29, 1.82) is 0 Å². The highest BCUT2D eigenvalue weighted by molar-refractivity contribution is 6.01. The molecule has 0 N–H and O–H groups in total. The Morgan fingerprint density at radius 3 is 2.83 bits per heavy atom. The molecule has 2 heterocycles. The lowest BCUT2D eigenvalue weighted by molar-refractivity contribution is 0.0567. The third kappa shape index (κ3) is 3.76. The van der Waals surface area contributed by atoms with Crippen LogP contribution in [0.15, 0.2) is 41.8 Å². The van der Waals surface area contributed by atoms with E-state index in [0.29, 0.717) is 6.04 Å². The molecule has 122 valence electrons. The first-order valence-corrected chi connectivity index (χ1v) is 7.98. The maximum atomic E-state index is 5.59. The van der Waals surface area contributed by atoms with Crippen molar-refractivity contribution in [3.63, 3.8) is 0 Å². The van der Waals surface area contributed by atoms with Crippen molar-refractivity contribution in [1.82, 2.24) is 19.7 Å². The maximum absolute atomic E-state index is 5.59. The van der Waals surface area contributed by atoms with Gasteiger partial charge in [-0.1, -0.05) is 35.5 Å². The quantitative estimate of drug-likeness (QED) is 0.822. The van der Waals surface area contributed by atoms with Crippen LogP contribution in [0, 0.1) is 0 Å². The molecule has 6 nitrogen and oxygen atoms in total. The van der Waals surface area contributed by atoms with Crippen LogP contribution < -0.4 is 0 Å². The third-order valence-corrected chi connectivity index (χ3v) is 3.97. The van der Waals surface area contributed by atoms with Gasteiger partial charge < -0.3 is 9.40 Å². The summed E-state index contributed by atoms with van der Waals surface area (Å²) < 4.78 is 2.10. The average molecular weight is 313 g/mol. The molecular formula is C17H23N5O. The van der Waals surface area contributed by atoms with Crippen LogP contribution in [0.25, 0.3) is 0 Å². The molecule has 0 radical (unpaired) electrons. The number of nitrogens with zero attached hydrogens (tertiary/aromatic N) is 5. The van der Waals surface area contributed by atoms with Gasteiger partial charge >= 0.3 is 0 Å². The van der Waals surface area contributed by atoms with E-state index in [2.05, 4.69) is 57.8 Å². The molecule has 1 aromatic heterocycles. The van der Waals surface area contributed by atoms with Gasteiger partial charge in [0.2, 0.25) is 0 Å². The minimum atomic E-state index is 0.0885. The summed E-state index contributed by atoms with van der Waals surface area (Å²) in [6.07, 6.45) is 2.72. The van der Waals surface area contributed by atoms with E-state index in [1.54, 1.807) is 6.33 Å². The fraction of sp³-hybridized carbons (Fsp3) is 0.471. The van der Waals surface area contributed by atoms with Crippen molar-refractivity contribution >= 4 is 5.71 Å². The Hall–Kier alpha value is -2.21. The Labute approximate surface area is 136 Å². The molecule has 3 rings (SSSR count). The van der Waals surface area contributed by atoms with Crippen LogP contribution in [0.4, 0.5) is 0 Å². The summed E-state index contributed by atoms with van der Waals surface area (Å²) in [5.41, 5.74) is 2.16. The molecular weight excluding hydrogens is 290 g/mol. The zero-order valence-electron chi connectivity index (χ0n) is 13.9. The Balaban J connectivity index is 1.54. The predicted octanol–water partition coefficient (Wildman–Crippen LogP) is 2.48. The van der Waals surface area contributed by atoms with E-state index in [0.717, 1.165) is 36.6 Å². The fourth-order valence-electron chi connectivity index (χ4n) is 2.79. The standard InChI is InChI=1S/C17H23N5O/c1-13(2)22-12-18-19-17(22)11-21(3)10-15-9-16(20-23-15)14-7-5-4-6-8-14/h4-8,12-13,15H,9-11H2,1-3H3. The lowest BCUT2D eigenvalue weighted by atomic mass is 10.1. The largest absolute Gasteiger partial charge is 0.390 e. The minimum Gasteiger partial charge on any atom is -0.390 e. The van der Waals surface area contributed by atoms with Crippen molar-refractivity contribution < 1.29 is 4.84 Å². The van der Waals surface area contributed by atoms with Crippen LogP contribution in [0.3, 0.4) is 0 Å². The number of hydrogen-bond donors (Lipinski definition) is 0. The topological polar surface area (TPSA) is 55.5 Å². The molecule has 2 aromatic rings. The lowest BCUT2D eigenvalue weighted by Crippen LogP contribution is -2.30. The smallest absolute Gasteiger partial charge is 0.147 e. The molecule has 1 atom stereocenters. The van der Waals surface area contributed by atoms with Crippen molar-refractivity contribution in [2.75, 3.05) is 13.6 Å². The predicted molar refractivity (Wildman–Crippen MR) is 89.2 cm³/mol. The average Bonchev–Trinajstić information content (AvgIpc) is 3.17. The number of oxime groups is 1. The first-order chi connectivity index (χ1) is 11.1. The van der Waals surface area contributed by atoms with E-state index < -0.39 is 0 Å². The summed E-state index contributed by atoms with van der Waals surface area (Å²) in [7, 11) is 2.07. The summed E-state index contributed by atoms with van der Waals surface area (Å²) in [5.74, 6) is 0.977. The molecule has 0 aliphatic carbocycles. The molecule has 23 heavy (non-hydrogen) atoms.